The lowest BCUT2D eigenvalue weighted by Gasteiger charge is -2.33. The molecule has 0 spiro atoms. The molecule has 1 amide bonds. The van der Waals surface area contributed by atoms with Crippen molar-refractivity contribution in [3.63, 3.8) is 0 Å². The van der Waals surface area contributed by atoms with E-state index in [1.54, 1.807) is 12.1 Å². The summed E-state index contributed by atoms with van der Waals surface area (Å²) in [6.07, 6.45) is 3.59. The number of rotatable bonds is 5. The van der Waals surface area contributed by atoms with Crippen LogP contribution in [0.15, 0.2) is 24.3 Å². The first-order valence-corrected chi connectivity index (χ1v) is 8.26. The molecule has 0 saturated carbocycles. The van der Waals surface area contributed by atoms with Crippen LogP contribution in [0.5, 0.6) is 0 Å². The van der Waals surface area contributed by atoms with Crippen LogP contribution in [0.1, 0.15) is 51.6 Å². The third kappa shape index (κ3) is 4.54. The van der Waals surface area contributed by atoms with Crippen LogP contribution >= 0.6 is 0 Å². The summed E-state index contributed by atoms with van der Waals surface area (Å²) in [7, 11) is 0. The maximum atomic E-state index is 13.1. The second-order valence-corrected chi connectivity index (χ2v) is 6.66. The number of carbonyl (C=O) groups is 1. The second kappa shape index (κ2) is 7.73. The maximum Gasteiger partial charge on any atom is 0.234 e. The van der Waals surface area contributed by atoms with Gasteiger partial charge in [-0.1, -0.05) is 32.4 Å². The van der Waals surface area contributed by atoms with E-state index in [1.165, 1.54) is 31.4 Å². The molecule has 0 radical (unpaired) electrons. The molecule has 0 bridgehead atoms. The lowest BCUT2D eigenvalue weighted by atomic mass is 9.96. The summed E-state index contributed by atoms with van der Waals surface area (Å²) in [6.45, 7) is 7.77. The van der Waals surface area contributed by atoms with Crippen molar-refractivity contribution in [1.29, 1.82) is 0 Å². The van der Waals surface area contributed by atoms with E-state index in [9.17, 15) is 9.18 Å². The Bertz CT molecular complexity index is 486. The van der Waals surface area contributed by atoms with Crippen LogP contribution < -0.4 is 5.32 Å². The van der Waals surface area contributed by atoms with Gasteiger partial charge in [-0.2, -0.15) is 0 Å². The van der Waals surface area contributed by atoms with Crippen LogP contribution in [0, 0.1) is 11.7 Å². The molecule has 3 nitrogen and oxygen atoms in total. The molecular weight excluding hydrogens is 279 g/mol. The smallest absolute Gasteiger partial charge is 0.234 e. The zero-order chi connectivity index (χ0) is 16.1. The van der Waals surface area contributed by atoms with Gasteiger partial charge in [-0.3, -0.25) is 9.69 Å². The highest BCUT2D eigenvalue weighted by molar-refractivity contribution is 5.78. The predicted molar refractivity (Wildman–Crippen MR) is 87.0 cm³/mol. The Balaban J connectivity index is 1.98. The first-order valence-electron chi connectivity index (χ1n) is 8.26. The molecule has 4 heteroatoms. The van der Waals surface area contributed by atoms with Gasteiger partial charge < -0.3 is 5.32 Å². The van der Waals surface area contributed by atoms with Gasteiger partial charge in [-0.15, -0.1) is 0 Å². The van der Waals surface area contributed by atoms with E-state index < -0.39 is 0 Å². The molecule has 0 unspecified atom stereocenters. The zero-order valence-electron chi connectivity index (χ0n) is 13.8. The van der Waals surface area contributed by atoms with Crippen molar-refractivity contribution in [1.82, 2.24) is 10.2 Å². The molecule has 1 fully saturated rings. The number of hydrogen-bond donors (Lipinski definition) is 1. The number of benzene rings is 1. The minimum atomic E-state index is -0.250. The van der Waals surface area contributed by atoms with E-state index in [2.05, 4.69) is 31.0 Å². The topological polar surface area (TPSA) is 32.3 Å². The summed E-state index contributed by atoms with van der Waals surface area (Å²) in [6, 6.07) is 6.80. The Morgan fingerprint density at radius 2 is 2.00 bits per heavy atom. The Morgan fingerprint density at radius 3 is 2.59 bits per heavy atom. The Morgan fingerprint density at radius 1 is 1.32 bits per heavy atom. The molecule has 1 aliphatic rings. The van der Waals surface area contributed by atoms with Crippen LogP contribution in [0.2, 0.25) is 0 Å². The predicted octanol–water partition coefficient (Wildman–Crippen LogP) is 3.51. The van der Waals surface area contributed by atoms with Gasteiger partial charge in [0.15, 0.2) is 0 Å². The highest BCUT2D eigenvalue weighted by atomic mass is 19.1. The molecule has 122 valence electrons. The number of likely N-dealkylation sites (tertiary alicyclic amines) is 1. The minimum absolute atomic E-state index is 0.0526. The van der Waals surface area contributed by atoms with Crippen LogP contribution in [0.25, 0.3) is 0 Å². The number of piperidine rings is 1. The van der Waals surface area contributed by atoms with E-state index in [-0.39, 0.29) is 23.7 Å². The first-order chi connectivity index (χ1) is 10.5. The number of halogens is 1. The number of hydrogen-bond acceptors (Lipinski definition) is 2. The van der Waals surface area contributed by atoms with Gasteiger partial charge in [0.1, 0.15) is 5.82 Å². The number of carbonyl (C=O) groups excluding carboxylic acids is 1. The van der Waals surface area contributed by atoms with Gasteiger partial charge in [0.2, 0.25) is 5.91 Å². The molecule has 1 aromatic carbocycles. The zero-order valence-corrected chi connectivity index (χ0v) is 13.8. The number of nitrogens with zero attached hydrogens (tertiary/aromatic N) is 1. The fraction of sp³-hybridized carbons (Fsp3) is 0.611. The molecule has 0 aliphatic carbocycles. The van der Waals surface area contributed by atoms with Crippen LogP contribution in [-0.4, -0.2) is 29.9 Å². The SMILES string of the molecule is CC(C)[C@H](NC(=O)CN1CCCC[C@@H]1C)c1ccc(F)cc1. The van der Waals surface area contributed by atoms with Crippen molar-refractivity contribution in [2.24, 2.45) is 5.92 Å². The van der Waals surface area contributed by atoms with Gasteiger partial charge in [0.05, 0.1) is 12.6 Å². The fourth-order valence-corrected chi connectivity index (χ4v) is 3.10. The molecule has 2 atom stereocenters. The molecule has 22 heavy (non-hydrogen) atoms. The molecule has 1 heterocycles. The van der Waals surface area contributed by atoms with E-state index in [0.29, 0.717) is 12.6 Å². The summed E-state index contributed by atoms with van der Waals surface area (Å²) < 4.78 is 13.1. The number of amides is 1. The average molecular weight is 306 g/mol. The van der Waals surface area contributed by atoms with Crippen molar-refractivity contribution in [3.05, 3.63) is 35.6 Å². The second-order valence-electron chi connectivity index (χ2n) is 6.66. The van der Waals surface area contributed by atoms with Crippen molar-refractivity contribution in [2.75, 3.05) is 13.1 Å². The summed E-state index contributed by atoms with van der Waals surface area (Å²) in [5.74, 6) is 0.0599. The first kappa shape index (κ1) is 16.9. The van der Waals surface area contributed by atoms with Crippen LogP contribution in [0.4, 0.5) is 4.39 Å². The fourth-order valence-electron chi connectivity index (χ4n) is 3.10. The molecule has 1 N–H and O–H groups in total. The molecule has 1 aromatic rings. The minimum Gasteiger partial charge on any atom is -0.348 e. The third-order valence-electron chi connectivity index (χ3n) is 4.50. The van der Waals surface area contributed by atoms with E-state index >= 15 is 0 Å². The molecule has 0 aromatic heterocycles. The molecule has 1 saturated heterocycles. The van der Waals surface area contributed by atoms with Crippen molar-refractivity contribution in [2.45, 2.75) is 52.1 Å². The quantitative estimate of drug-likeness (QED) is 0.903. The largest absolute Gasteiger partial charge is 0.348 e. The lowest BCUT2D eigenvalue weighted by molar-refractivity contribution is -0.124. The summed E-state index contributed by atoms with van der Waals surface area (Å²) in [5.41, 5.74) is 0.955. The van der Waals surface area contributed by atoms with Gasteiger partial charge in [0, 0.05) is 6.04 Å². The Labute approximate surface area is 132 Å². The highest BCUT2D eigenvalue weighted by Gasteiger charge is 2.23. The normalized spacial score (nSPS) is 20.9. The third-order valence-corrected chi connectivity index (χ3v) is 4.50. The Kier molecular flexibility index (Phi) is 5.95. The maximum absolute atomic E-state index is 13.1. The van der Waals surface area contributed by atoms with Gasteiger partial charge in [0.25, 0.3) is 0 Å². The van der Waals surface area contributed by atoms with Crippen molar-refractivity contribution < 1.29 is 9.18 Å². The molecule has 2 rings (SSSR count). The van der Waals surface area contributed by atoms with Gasteiger partial charge in [-0.05, 0) is 49.9 Å². The Hall–Kier alpha value is -1.42. The lowest BCUT2D eigenvalue weighted by Crippen LogP contribution is -2.45. The average Bonchev–Trinajstić information content (AvgIpc) is 2.48. The van der Waals surface area contributed by atoms with Crippen molar-refractivity contribution in [3.8, 4) is 0 Å². The standard InChI is InChI=1S/C18H27FN2O/c1-13(2)18(15-7-9-16(19)10-8-15)20-17(22)12-21-11-5-4-6-14(21)3/h7-10,13-14,18H,4-6,11-12H2,1-3H3,(H,20,22)/t14-,18-/m0/s1. The van der Waals surface area contributed by atoms with Crippen LogP contribution in [0.3, 0.4) is 0 Å². The van der Waals surface area contributed by atoms with E-state index in [0.717, 1.165) is 12.1 Å². The van der Waals surface area contributed by atoms with E-state index in [1.807, 2.05) is 0 Å². The van der Waals surface area contributed by atoms with E-state index in [4.69, 9.17) is 0 Å². The number of nitrogens with one attached hydrogen (secondary N) is 1. The molecular formula is C18H27FN2O. The molecule has 1 aliphatic heterocycles. The summed E-state index contributed by atoms with van der Waals surface area (Å²) in [5, 5.41) is 3.12. The van der Waals surface area contributed by atoms with Crippen molar-refractivity contribution >= 4 is 5.91 Å². The van der Waals surface area contributed by atoms with Gasteiger partial charge >= 0.3 is 0 Å². The van der Waals surface area contributed by atoms with Gasteiger partial charge in [-0.25, -0.2) is 4.39 Å². The monoisotopic (exact) mass is 306 g/mol. The summed E-state index contributed by atoms with van der Waals surface area (Å²) in [4.78, 5) is 14.6. The van der Waals surface area contributed by atoms with Crippen LogP contribution in [-0.2, 0) is 4.79 Å². The summed E-state index contributed by atoms with van der Waals surface area (Å²) >= 11 is 0. The highest BCUT2D eigenvalue weighted by Crippen LogP contribution is 2.22.